The molecule has 24 heavy (non-hydrogen) atoms. The first-order chi connectivity index (χ1) is 11.6. The molecule has 4 heteroatoms. The summed E-state index contributed by atoms with van der Waals surface area (Å²) >= 11 is 1.62. The molecule has 120 valence electrons. The molecule has 0 spiro atoms. The third-order valence-electron chi connectivity index (χ3n) is 3.52. The monoisotopic (exact) mass is 334 g/mol. The SMILES string of the molecule is CC(=O)Nc1ccc(/C=C/c2nc(-c3ccc(C)cc3)cs2)cc1. The molecule has 0 aliphatic carbocycles. The summed E-state index contributed by atoms with van der Waals surface area (Å²) in [5.74, 6) is -0.0651. The fourth-order valence-electron chi connectivity index (χ4n) is 2.27. The van der Waals surface area contributed by atoms with E-state index in [1.54, 1.807) is 11.3 Å². The Labute approximate surface area is 145 Å². The Balaban J connectivity index is 1.71. The van der Waals surface area contributed by atoms with Gasteiger partial charge < -0.3 is 5.32 Å². The molecular formula is C20H18N2OS. The lowest BCUT2D eigenvalue weighted by molar-refractivity contribution is -0.114. The minimum absolute atomic E-state index is 0.0651. The van der Waals surface area contributed by atoms with Gasteiger partial charge in [-0.3, -0.25) is 4.79 Å². The lowest BCUT2D eigenvalue weighted by Crippen LogP contribution is -2.05. The number of amides is 1. The highest BCUT2D eigenvalue weighted by molar-refractivity contribution is 7.10. The fraction of sp³-hybridized carbons (Fsp3) is 0.100. The summed E-state index contributed by atoms with van der Waals surface area (Å²) in [6, 6.07) is 16.1. The van der Waals surface area contributed by atoms with Gasteiger partial charge in [0.1, 0.15) is 5.01 Å². The molecule has 0 aliphatic heterocycles. The van der Waals surface area contributed by atoms with Crippen molar-refractivity contribution < 1.29 is 4.79 Å². The maximum absolute atomic E-state index is 11.0. The van der Waals surface area contributed by atoms with E-state index in [-0.39, 0.29) is 5.91 Å². The van der Waals surface area contributed by atoms with Crippen molar-refractivity contribution in [3.8, 4) is 11.3 Å². The first-order valence-corrected chi connectivity index (χ1v) is 8.56. The molecule has 0 fully saturated rings. The standard InChI is InChI=1S/C20H18N2OS/c1-14-3-8-17(9-4-14)19-13-24-20(22-19)12-7-16-5-10-18(11-6-16)21-15(2)23/h3-13H,1-2H3,(H,21,23)/b12-7+. The fourth-order valence-corrected chi connectivity index (χ4v) is 2.99. The number of hydrogen-bond acceptors (Lipinski definition) is 3. The van der Waals surface area contributed by atoms with Gasteiger partial charge in [0.25, 0.3) is 0 Å². The van der Waals surface area contributed by atoms with Crippen molar-refractivity contribution in [2.45, 2.75) is 13.8 Å². The molecule has 0 aliphatic rings. The molecule has 2 aromatic carbocycles. The van der Waals surface area contributed by atoms with Crippen LogP contribution in [0.5, 0.6) is 0 Å². The lowest BCUT2D eigenvalue weighted by Gasteiger charge is -2.01. The van der Waals surface area contributed by atoms with E-state index in [0.29, 0.717) is 0 Å². The summed E-state index contributed by atoms with van der Waals surface area (Å²) in [6.45, 7) is 3.58. The van der Waals surface area contributed by atoms with Crippen LogP contribution in [0.3, 0.4) is 0 Å². The number of aromatic nitrogens is 1. The summed E-state index contributed by atoms with van der Waals surface area (Å²) in [5, 5.41) is 5.80. The zero-order valence-electron chi connectivity index (χ0n) is 13.6. The second kappa shape index (κ2) is 7.23. The molecule has 3 rings (SSSR count). The van der Waals surface area contributed by atoms with E-state index in [4.69, 9.17) is 0 Å². The van der Waals surface area contributed by atoms with Gasteiger partial charge in [0.05, 0.1) is 5.69 Å². The minimum atomic E-state index is -0.0651. The van der Waals surface area contributed by atoms with E-state index < -0.39 is 0 Å². The first kappa shape index (κ1) is 16.1. The number of benzene rings is 2. The summed E-state index contributed by atoms with van der Waals surface area (Å²) in [4.78, 5) is 15.7. The van der Waals surface area contributed by atoms with Crippen molar-refractivity contribution in [1.82, 2.24) is 4.98 Å². The van der Waals surface area contributed by atoms with Crippen LogP contribution < -0.4 is 5.32 Å². The summed E-state index contributed by atoms with van der Waals surface area (Å²) in [6.07, 6.45) is 4.03. The first-order valence-electron chi connectivity index (χ1n) is 7.68. The highest BCUT2D eigenvalue weighted by Gasteiger charge is 2.02. The summed E-state index contributed by atoms with van der Waals surface area (Å²) < 4.78 is 0. The number of nitrogens with one attached hydrogen (secondary N) is 1. The van der Waals surface area contributed by atoms with Crippen LogP contribution in [-0.2, 0) is 4.79 Å². The number of aryl methyl sites for hydroxylation is 1. The van der Waals surface area contributed by atoms with E-state index in [0.717, 1.165) is 27.5 Å². The van der Waals surface area contributed by atoms with Gasteiger partial charge in [0.2, 0.25) is 5.91 Å². The maximum atomic E-state index is 11.0. The number of thiazole rings is 1. The molecule has 3 aromatic rings. The van der Waals surface area contributed by atoms with Crippen molar-refractivity contribution in [3.05, 3.63) is 70.0 Å². The van der Waals surface area contributed by atoms with Crippen LogP contribution in [0.2, 0.25) is 0 Å². The average molecular weight is 334 g/mol. The van der Waals surface area contributed by atoms with Gasteiger partial charge in [-0.1, -0.05) is 48.0 Å². The van der Waals surface area contributed by atoms with Gasteiger partial charge in [0, 0.05) is 23.6 Å². The third kappa shape index (κ3) is 4.18. The highest BCUT2D eigenvalue weighted by Crippen LogP contribution is 2.23. The third-order valence-corrected chi connectivity index (χ3v) is 4.33. The summed E-state index contributed by atoms with van der Waals surface area (Å²) in [7, 11) is 0. The normalized spacial score (nSPS) is 10.9. The van der Waals surface area contributed by atoms with Crippen LogP contribution in [0.4, 0.5) is 5.69 Å². The minimum Gasteiger partial charge on any atom is -0.326 e. The topological polar surface area (TPSA) is 42.0 Å². The molecule has 0 atom stereocenters. The van der Waals surface area contributed by atoms with Crippen molar-refractivity contribution in [1.29, 1.82) is 0 Å². The second-order valence-corrected chi connectivity index (χ2v) is 6.46. The second-order valence-electron chi connectivity index (χ2n) is 5.57. The van der Waals surface area contributed by atoms with Crippen LogP contribution in [0.15, 0.2) is 53.9 Å². The van der Waals surface area contributed by atoms with E-state index in [1.807, 2.05) is 36.4 Å². The molecule has 1 N–H and O–H groups in total. The van der Waals surface area contributed by atoms with Crippen LogP contribution in [0.1, 0.15) is 23.1 Å². The highest BCUT2D eigenvalue weighted by atomic mass is 32.1. The lowest BCUT2D eigenvalue weighted by atomic mass is 10.1. The molecule has 0 bridgehead atoms. The number of nitrogens with zero attached hydrogens (tertiary/aromatic N) is 1. The molecule has 1 heterocycles. The molecule has 0 radical (unpaired) electrons. The van der Waals surface area contributed by atoms with Crippen LogP contribution in [-0.4, -0.2) is 10.9 Å². The van der Waals surface area contributed by atoms with E-state index in [1.165, 1.54) is 12.5 Å². The Kier molecular flexibility index (Phi) is 4.87. The Morgan fingerprint density at radius 1 is 1.04 bits per heavy atom. The number of carbonyl (C=O) groups excluding carboxylic acids is 1. The maximum Gasteiger partial charge on any atom is 0.221 e. The molecule has 3 nitrogen and oxygen atoms in total. The molecule has 0 unspecified atom stereocenters. The molecular weight excluding hydrogens is 316 g/mol. The average Bonchev–Trinajstić information content (AvgIpc) is 3.03. The molecule has 0 saturated carbocycles. The Bertz CT molecular complexity index is 861. The Morgan fingerprint density at radius 3 is 2.42 bits per heavy atom. The summed E-state index contributed by atoms with van der Waals surface area (Å²) in [5.41, 5.74) is 5.25. The number of rotatable bonds is 4. The van der Waals surface area contributed by atoms with Crippen molar-refractivity contribution in [2.75, 3.05) is 5.32 Å². The van der Waals surface area contributed by atoms with Gasteiger partial charge in [-0.15, -0.1) is 11.3 Å². The molecule has 1 amide bonds. The largest absolute Gasteiger partial charge is 0.326 e. The number of anilines is 1. The number of hydrogen-bond donors (Lipinski definition) is 1. The van der Waals surface area contributed by atoms with E-state index in [9.17, 15) is 4.79 Å². The van der Waals surface area contributed by atoms with Crippen LogP contribution in [0.25, 0.3) is 23.4 Å². The van der Waals surface area contributed by atoms with Crippen LogP contribution in [0, 0.1) is 6.92 Å². The van der Waals surface area contributed by atoms with Gasteiger partial charge in [-0.25, -0.2) is 4.98 Å². The van der Waals surface area contributed by atoms with E-state index in [2.05, 4.69) is 46.9 Å². The van der Waals surface area contributed by atoms with Crippen LogP contribution >= 0.6 is 11.3 Å². The molecule has 1 aromatic heterocycles. The van der Waals surface area contributed by atoms with Crippen molar-refractivity contribution >= 4 is 35.1 Å². The van der Waals surface area contributed by atoms with Crippen molar-refractivity contribution in [2.24, 2.45) is 0 Å². The van der Waals surface area contributed by atoms with Gasteiger partial charge in [0.15, 0.2) is 0 Å². The van der Waals surface area contributed by atoms with Gasteiger partial charge >= 0.3 is 0 Å². The zero-order chi connectivity index (χ0) is 16.9. The number of carbonyl (C=O) groups is 1. The predicted octanol–water partition coefficient (Wildman–Crippen LogP) is 5.25. The zero-order valence-corrected chi connectivity index (χ0v) is 14.4. The smallest absolute Gasteiger partial charge is 0.221 e. The van der Waals surface area contributed by atoms with Crippen molar-refractivity contribution in [3.63, 3.8) is 0 Å². The quantitative estimate of drug-likeness (QED) is 0.708. The van der Waals surface area contributed by atoms with Gasteiger partial charge in [-0.05, 0) is 30.7 Å². The molecule has 0 saturated heterocycles. The van der Waals surface area contributed by atoms with E-state index >= 15 is 0 Å². The van der Waals surface area contributed by atoms with Gasteiger partial charge in [-0.2, -0.15) is 0 Å². The predicted molar refractivity (Wildman–Crippen MR) is 102 cm³/mol. The Morgan fingerprint density at radius 2 is 1.75 bits per heavy atom. The Hall–Kier alpha value is -2.72.